The Labute approximate surface area is 105 Å². The molecule has 0 aromatic heterocycles. The van der Waals surface area contributed by atoms with E-state index in [9.17, 15) is 4.79 Å². The van der Waals surface area contributed by atoms with Crippen molar-refractivity contribution in [2.24, 2.45) is 0 Å². The van der Waals surface area contributed by atoms with Crippen LogP contribution in [0.3, 0.4) is 0 Å². The average Bonchev–Trinajstić information content (AvgIpc) is 2.70. The smallest absolute Gasteiger partial charge is 0.412 e. The minimum atomic E-state index is -0.564. The third-order valence-corrected chi connectivity index (χ3v) is 2.64. The summed E-state index contributed by atoms with van der Waals surface area (Å²) in [7, 11) is 1.50. The highest BCUT2D eigenvalue weighted by molar-refractivity contribution is 5.70. The maximum absolute atomic E-state index is 11.3. The Morgan fingerprint density at radius 3 is 2.44 bits per heavy atom. The number of carbonyl (C=O) groups is 1. The Kier molecular flexibility index (Phi) is 3.41. The minimum Gasteiger partial charge on any atom is -0.452 e. The van der Waals surface area contributed by atoms with Gasteiger partial charge in [-0.25, -0.2) is 4.79 Å². The van der Waals surface area contributed by atoms with E-state index in [4.69, 9.17) is 14.2 Å². The van der Waals surface area contributed by atoms with Crippen LogP contribution in [0.1, 0.15) is 25.7 Å². The molecule has 96 valence electrons. The lowest BCUT2D eigenvalue weighted by Crippen LogP contribution is -2.23. The molecule has 1 aromatic carbocycles. The molecule has 5 nitrogen and oxygen atoms in total. The van der Waals surface area contributed by atoms with E-state index < -0.39 is 12.4 Å². The molecule has 0 aliphatic carbocycles. The second kappa shape index (κ2) is 5.00. The number of rotatable bonds is 2. The van der Waals surface area contributed by atoms with Crippen molar-refractivity contribution in [2.75, 3.05) is 7.05 Å². The van der Waals surface area contributed by atoms with Crippen molar-refractivity contribution in [1.29, 1.82) is 0 Å². The molecule has 18 heavy (non-hydrogen) atoms. The molecular formula is C13H15NO4. The van der Waals surface area contributed by atoms with Gasteiger partial charge in [0.25, 0.3) is 6.29 Å². The summed E-state index contributed by atoms with van der Waals surface area (Å²) in [5, 5.41) is 2.40. The number of hydrogen-bond acceptors (Lipinski definition) is 4. The lowest BCUT2D eigenvalue weighted by atomic mass is 10.2. The molecule has 1 aliphatic rings. The molecule has 1 heterocycles. The molecule has 0 unspecified atom stereocenters. The van der Waals surface area contributed by atoms with Crippen LogP contribution < -0.4 is 10.1 Å². The lowest BCUT2D eigenvalue weighted by Gasteiger charge is -2.15. The van der Waals surface area contributed by atoms with E-state index in [1.54, 1.807) is 18.2 Å². The summed E-state index contributed by atoms with van der Waals surface area (Å²) < 4.78 is 16.3. The quantitative estimate of drug-likeness (QED) is 0.875. The number of hydrogen-bond donors (Lipinski definition) is 1. The van der Waals surface area contributed by atoms with Crippen molar-refractivity contribution in [3.8, 4) is 5.75 Å². The van der Waals surface area contributed by atoms with Crippen LogP contribution in [-0.2, 0) is 9.47 Å². The first-order valence-corrected chi connectivity index (χ1v) is 5.61. The number of allylic oxidation sites excluding steroid dienone is 2. The molecule has 1 aliphatic heterocycles. The van der Waals surface area contributed by atoms with Crippen molar-refractivity contribution in [1.82, 2.24) is 5.32 Å². The van der Waals surface area contributed by atoms with E-state index in [1.807, 2.05) is 19.9 Å². The Hall–Kier alpha value is -2.17. The highest BCUT2D eigenvalue weighted by atomic mass is 16.7. The van der Waals surface area contributed by atoms with Crippen molar-refractivity contribution in [3.05, 3.63) is 41.3 Å². The Balaban J connectivity index is 2.21. The normalized spacial score (nSPS) is 15.1. The van der Waals surface area contributed by atoms with Gasteiger partial charge in [0, 0.05) is 7.05 Å². The number of nitrogens with one attached hydrogen (secondary N) is 1. The summed E-state index contributed by atoms with van der Waals surface area (Å²) in [4.78, 5) is 11.3. The average molecular weight is 249 g/mol. The summed E-state index contributed by atoms with van der Waals surface area (Å²) in [5.41, 5.74) is 0.678. The van der Waals surface area contributed by atoms with Crippen LogP contribution in [0.5, 0.6) is 5.75 Å². The van der Waals surface area contributed by atoms with E-state index in [2.05, 4.69) is 5.32 Å². The fourth-order valence-electron chi connectivity index (χ4n) is 1.56. The zero-order chi connectivity index (χ0) is 13.1. The molecule has 0 atom stereocenters. The second-order valence-electron chi connectivity index (χ2n) is 3.86. The van der Waals surface area contributed by atoms with Gasteiger partial charge in [0.1, 0.15) is 17.3 Å². The van der Waals surface area contributed by atoms with Crippen molar-refractivity contribution in [2.45, 2.75) is 20.1 Å². The molecule has 0 bridgehead atoms. The number of carbonyl (C=O) groups excluding carboxylic acids is 1. The van der Waals surface area contributed by atoms with Gasteiger partial charge in [-0.2, -0.15) is 0 Å². The van der Waals surface area contributed by atoms with Gasteiger partial charge in [-0.05, 0) is 26.0 Å². The molecule has 1 N–H and O–H groups in total. The molecule has 1 aromatic rings. The van der Waals surface area contributed by atoms with Crippen LogP contribution in [0, 0.1) is 0 Å². The van der Waals surface area contributed by atoms with Crippen LogP contribution >= 0.6 is 0 Å². The largest absolute Gasteiger partial charge is 0.452 e. The number of para-hydroxylation sites is 1. The summed E-state index contributed by atoms with van der Waals surface area (Å²) in [5.74, 6) is 1.88. The molecular weight excluding hydrogens is 234 g/mol. The Morgan fingerprint density at radius 2 is 1.83 bits per heavy atom. The molecule has 5 heteroatoms. The van der Waals surface area contributed by atoms with Crippen LogP contribution in [-0.4, -0.2) is 13.1 Å². The maximum Gasteiger partial charge on any atom is 0.412 e. The predicted molar refractivity (Wildman–Crippen MR) is 64.8 cm³/mol. The van der Waals surface area contributed by atoms with Crippen LogP contribution in [0.25, 0.3) is 0 Å². The summed E-state index contributed by atoms with van der Waals surface area (Å²) >= 11 is 0. The van der Waals surface area contributed by atoms with Crippen LogP contribution in [0.4, 0.5) is 4.79 Å². The number of benzene rings is 1. The lowest BCUT2D eigenvalue weighted by molar-refractivity contribution is -0.0417. The monoisotopic (exact) mass is 249 g/mol. The molecule has 0 fully saturated rings. The Bertz CT molecular complexity index is 482. The zero-order valence-electron chi connectivity index (χ0n) is 10.5. The third-order valence-electron chi connectivity index (χ3n) is 2.64. The van der Waals surface area contributed by atoms with Crippen molar-refractivity contribution < 1.29 is 19.0 Å². The highest BCUT2D eigenvalue weighted by Gasteiger charge is 2.26. The molecule has 0 saturated carbocycles. The highest BCUT2D eigenvalue weighted by Crippen LogP contribution is 2.36. The van der Waals surface area contributed by atoms with Crippen molar-refractivity contribution >= 4 is 6.09 Å². The van der Waals surface area contributed by atoms with Crippen LogP contribution in [0.2, 0.25) is 0 Å². The van der Waals surface area contributed by atoms with E-state index in [0.29, 0.717) is 11.3 Å². The van der Waals surface area contributed by atoms with Crippen molar-refractivity contribution in [3.63, 3.8) is 0 Å². The molecule has 1 amide bonds. The molecule has 0 saturated heterocycles. The van der Waals surface area contributed by atoms with E-state index in [0.717, 1.165) is 11.5 Å². The van der Waals surface area contributed by atoms with Gasteiger partial charge in [-0.15, -0.1) is 0 Å². The van der Waals surface area contributed by atoms with E-state index >= 15 is 0 Å². The van der Waals surface area contributed by atoms with Gasteiger partial charge in [0.15, 0.2) is 0 Å². The fourth-order valence-corrected chi connectivity index (χ4v) is 1.56. The fraction of sp³-hybridized carbons (Fsp3) is 0.308. The topological polar surface area (TPSA) is 56.8 Å². The van der Waals surface area contributed by atoms with E-state index in [1.165, 1.54) is 7.05 Å². The summed E-state index contributed by atoms with van der Waals surface area (Å²) in [6, 6.07) is 7.11. The van der Waals surface area contributed by atoms with Gasteiger partial charge in [-0.1, -0.05) is 12.1 Å². The number of amides is 1. The van der Waals surface area contributed by atoms with Gasteiger partial charge in [0.05, 0.1) is 5.56 Å². The standard InChI is InChI=1S/C13H15NO4/c1-8-9(2)17-12(16-8)10-6-4-5-7-11(10)18-13(15)14-3/h4-7,12H,1-3H3,(H,14,15). The molecule has 0 spiro atoms. The minimum absolute atomic E-state index is 0.421. The van der Waals surface area contributed by atoms with Gasteiger partial charge >= 0.3 is 6.09 Å². The summed E-state index contributed by atoms with van der Waals surface area (Å²) in [6.45, 7) is 3.66. The first-order valence-electron chi connectivity index (χ1n) is 5.61. The molecule has 0 radical (unpaired) electrons. The third kappa shape index (κ3) is 2.40. The zero-order valence-corrected chi connectivity index (χ0v) is 10.5. The first kappa shape index (κ1) is 12.3. The second-order valence-corrected chi connectivity index (χ2v) is 3.86. The van der Waals surface area contributed by atoms with Gasteiger partial charge in [0.2, 0.25) is 0 Å². The number of ether oxygens (including phenoxy) is 3. The summed E-state index contributed by atoms with van der Waals surface area (Å²) in [6.07, 6.45) is -1.09. The Morgan fingerprint density at radius 1 is 1.22 bits per heavy atom. The maximum atomic E-state index is 11.3. The predicted octanol–water partition coefficient (Wildman–Crippen LogP) is 2.70. The van der Waals surface area contributed by atoms with E-state index in [-0.39, 0.29) is 0 Å². The SMILES string of the molecule is CNC(=O)Oc1ccccc1C1OC(C)=C(C)O1. The molecule has 2 rings (SSSR count). The van der Waals surface area contributed by atoms with Gasteiger partial charge < -0.3 is 19.5 Å². The van der Waals surface area contributed by atoms with Crippen LogP contribution in [0.15, 0.2) is 35.8 Å². The first-order chi connectivity index (χ1) is 8.61. The van der Waals surface area contributed by atoms with Gasteiger partial charge in [-0.3, -0.25) is 0 Å².